The van der Waals surface area contributed by atoms with Gasteiger partial charge in [0.1, 0.15) is 5.60 Å². The largest absolute Gasteiger partial charge is 0.444 e. The van der Waals surface area contributed by atoms with E-state index in [1.54, 1.807) is 36.7 Å². The smallest absolute Gasteiger partial charge is 0.407 e. The lowest BCUT2D eigenvalue weighted by Crippen LogP contribution is -2.50. The number of nitrogens with two attached hydrogens (primary N) is 1. The first-order chi connectivity index (χ1) is 23.8. The van der Waals surface area contributed by atoms with Crippen molar-refractivity contribution in [2.75, 3.05) is 30.4 Å². The molecule has 264 valence electrons. The topological polar surface area (TPSA) is 172 Å². The zero-order chi connectivity index (χ0) is 36.0. The number of anilines is 2. The third-order valence-corrected chi connectivity index (χ3v) is 8.67. The SMILES string of the molecule is CN(C)c1ncc(-c2cccc(C[C@H](N)C(=O)N(c3ccc(-c4nnc(Cl)[nH]4)cc3)C(=O)[C@H]3CC[C@H](CNC(=O)OC(C)(C)C)CC3)c2)cn1. The van der Waals surface area contributed by atoms with Gasteiger partial charge in [0.2, 0.25) is 17.1 Å². The number of aromatic amines is 1. The molecule has 1 saturated carbocycles. The number of rotatable bonds is 10. The highest BCUT2D eigenvalue weighted by atomic mass is 35.5. The quantitative estimate of drug-likeness (QED) is 0.194. The van der Waals surface area contributed by atoms with Crippen LogP contribution in [0, 0.1) is 11.8 Å². The van der Waals surface area contributed by atoms with Gasteiger partial charge in [-0.25, -0.2) is 19.7 Å². The molecule has 14 heteroatoms. The average molecular weight is 702 g/mol. The standard InChI is InChI=1S/C36H44ClN9O4/c1-36(2,3)50-35(49)41-19-22-9-11-25(12-10-22)31(47)46(28-15-13-24(14-16-28)30-42-33(37)44-43-30)32(48)29(38)18-23-7-6-8-26(17-23)27-20-39-34(40-21-27)45(4)5/h6-8,13-17,20-22,25,29H,9-12,18-19,38H2,1-5H3,(H,41,49)(H,42,43,44)/t22-,25-,29-/m0/s1. The van der Waals surface area contributed by atoms with E-state index in [0.29, 0.717) is 42.4 Å². The maximum absolute atomic E-state index is 14.2. The van der Waals surface area contributed by atoms with Crippen LogP contribution in [0.2, 0.25) is 5.28 Å². The van der Waals surface area contributed by atoms with Crippen molar-refractivity contribution >= 4 is 41.1 Å². The van der Waals surface area contributed by atoms with Crippen LogP contribution in [0.4, 0.5) is 16.4 Å². The summed E-state index contributed by atoms with van der Waals surface area (Å²) in [5.74, 6) is 0.0794. The maximum Gasteiger partial charge on any atom is 0.407 e. The Kier molecular flexibility index (Phi) is 11.5. The first-order valence-electron chi connectivity index (χ1n) is 16.6. The normalized spacial score (nSPS) is 16.7. The van der Waals surface area contributed by atoms with Crippen molar-refractivity contribution in [3.8, 4) is 22.5 Å². The van der Waals surface area contributed by atoms with E-state index >= 15 is 0 Å². The molecule has 1 aliphatic rings. The van der Waals surface area contributed by atoms with Gasteiger partial charge >= 0.3 is 6.09 Å². The number of H-pyrrole nitrogens is 1. The minimum Gasteiger partial charge on any atom is -0.444 e. The van der Waals surface area contributed by atoms with Gasteiger partial charge in [-0.3, -0.25) is 9.59 Å². The van der Waals surface area contributed by atoms with Crippen LogP contribution in [-0.4, -0.2) is 75.3 Å². The van der Waals surface area contributed by atoms with Crippen molar-refractivity contribution in [2.45, 2.75) is 64.5 Å². The van der Waals surface area contributed by atoms with Crippen molar-refractivity contribution in [1.29, 1.82) is 0 Å². The van der Waals surface area contributed by atoms with Gasteiger partial charge in [0.05, 0.1) is 11.7 Å². The number of benzene rings is 2. The van der Waals surface area contributed by atoms with Gasteiger partial charge in [-0.05, 0) is 106 Å². The lowest BCUT2D eigenvalue weighted by Gasteiger charge is -2.32. The fraction of sp³-hybridized carbons (Fsp3) is 0.417. The fourth-order valence-electron chi connectivity index (χ4n) is 5.93. The van der Waals surface area contributed by atoms with Crippen LogP contribution in [0.1, 0.15) is 52.0 Å². The van der Waals surface area contributed by atoms with Gasteiger partial charge in [0.25, 0.3) is 5.91 Å². The van der Waals surface area contributed by atoms with Gasteiger partial charge < -0.3 is 25.7 Å². The molecule has 0 radical (unpaired) electrons. The van der Waals surface area contributed by atoms with Crippen molar-refractivity contribution < 1.29 is 19.1 Å². The van der Waals surface area contributed by atoms with E-state index in [1.807, 2.05) is 64.0 Å². The highest BCUT2D eigenvalue weighted by Gasteiger charge is 2.35. The van der Waals surface area contributed by atoms with E-state index < -0.39 is 23.6 Å². The Labute approximate surface area is 297 Å². The Morgan fingerprint density at radius 1 is 0.980 bits per heavy atom. The van der Waals surface area contributed by atoms with E-state index in [0.717, 1.165) is 29.5 Å². The van der Waals surface area contributed by atoms with Gasteiger partial charge in [0.15, 0.2) is 5.82 Å². The van der Waals surface area contributed by atoms with Gasteiger partial charge in [0, 0.05) is 50.1 Å². The van der Waals surface area contributed by atoms with Crippen molar-refractivity contribution in [1.82, 2.24) is 30.5 Å². The Bertz CT molecular complexity index is 1780. The molecule has 2 aromatic carbocycles. The summed E-state index contributed by atoms with van der Waals surface area (Å²) in [6.45, 7) is 5.91. The summed E-state index contributed by atoms with van der Waals surface area (Å²) < 4.78 is 5.36. The molecule has 4 N–H and O–H groups in total. The van der Waals surface area contributed by atoms with Gasteiger partial charge in [-0.2, -0.15) is 0 Å². The van der Waals surface area contributed by atoms with E-state index in [4.69, 9.17) is 22.1 Å². The summed E-state index contributed by atoms with van der Waals surface area (Å²) in [4.78, 5) is 55.2. The predicted molar refractivity (Wildman–Crippen MR) is 192 cm³/mol. The van der Waals surface area contributed by atoms with Crippen LogP contribution in [0.15, 0.2) is 60.9 Å². The predicted octanol–water partition coefficient (Wildman–Crippen LogP) is 5.41. The number of nitrogens with one attached hydrogen (secondary N) is 2. The first-order valence-corrected chi connectivity index (χ1v) is 17.0. The summed E-state index contributed by atoms with van der Waals surface area (Å²) in [5, 5.41) is 10.8. The minimum atomic E-state index is -0.997. The summed E-state index contributed by atoms with van der Waals surface area (Å²) in [7, 11) is 3.75. The summed E-state index contributed by atoms with van der Waals surface area (Å²) in [6, 6.07) is 13.6. The van der Waals surface area contributed by atoms with Gasteiger partial charge in [-0.15, -0.1) is 10.2 Å². The van der Waals surface area contributed by atoms with Crippen molar-refractivity contribution in [2.24, 2.45) is 17.6 Å². The summed E-state index contributed by atoms with van der Waals surface area (Å²) >= 11 is 5.92. The molecule has 2 heterocycles. The molecule has 0 unspecified atom stereocenters. The number of aromatic nitrogens is 5. The van der Waals surface area contributed by atoms with Crippen LogP contribution < -0.4 is 20.9 Å². The van der Waals surface area contributed by atoms with Crippen LogP contribution in [-0.2, 0) is 20.7 Å². The number of nitrogens with zero attached hydrogens (tertiary/aromatic N) is 6. The molecule has 1 aliphatic carbocycles. The van der Waals surface area contributed by atoms with Crippen LogP contribution in [0.5, 0.6) is 0 Å². The summed E-state index contributed by atoms with van der Waals surface area (Å²) in [5.41, 5.74) is 9.66. The summed E-state index contributed by atoms with van der Waals surface area (Å²) in [6.07, 6.45) is 5.85. The highest BCUT2D eigenvalue weighted by Crippen LogP contribution is 2.32. The molecule has 1 atom stereocenters. The molecular formula is C36H44ClN9O4. The number of amides is 3. The molecule has 50 heavy (non-hydrogen) atoms. The average Bonchev–Trinajstić information content (AvgIpc) is 3.53. The Balaban J connectivity index is 1.31. The Morgan fingerprint density at radius 2 is 1.66 bits per heavy atom. The zero-order valence-electron chi connectivity index (χ0n) is 29.0. The second-order valence-electron chi connectivity index (χ2n) is 13.8. The highest BCUT2D eigenvalue weighted by molar-refractivity contribution is 6.28. The number of halogens is 1. The number of carbonyl (C=O) groups excluding carboxylic acids is 3. The molecule has 0 aliphatic heterocycles. The van der Waals surface area contributed by atoms with Gasteiger partial charge in [-0.1, -0.05) is 24.3 Å². The number of imide groups is 1. The third-order valence-electron chi connectivity index (χ3n) is 8.50. The lowest BCUT2D eigenvalue weighted by molar-refractivity contribution is -0.130. The number of ether oxygens (including phenoxy) is 1. The number of alkyl carbamates (subject to hydrolysis) is 1. The van der Waals surface area contributed by atoms with Crippen molar-refractivity contribution in [3.05, 3.63) is 71.8 Å². The molecule has 3 amide bonds. The maximum atomic E-state index is 14.2. The number of hydrogen-bond acceptors (Lipinski definition) is 10. The Morgan fingerprint density at radius 3 is 2.26 bits per heavy atom. The second kappa shape index (κ2) is 15.8. The third kappa shape index (κ3) is 9.42. The molecule has 4 aromatic rings. The van der Waals surface area contributed by atoms with Crippen LogP contribution >= 0.6 is 11.6 Å². The van der Waals surface area contributed by atoms with Crippen LogP contribution in [0.3, 0.4) is 0 Å². The van der Waals surface area contributed by atoms with Crippen LogP contribution in [0.25, 0.3) is 22.5 Å². The van der Waals surface area contributed by atoms with E-state index in [1.165, 1.54) is 4.90 Å². The lowest BCUT2D eigenvalue weighted by atomic mass is 9.81. The van der Waals surface area contributed by atoms with E-state index in [-0.39, 0.29) is 29.4 Å². The number of hydrogen-bond donors (Lipinski definition) is 3. The number of carbonyl (C=O) groups is 3. The molecule has 0 spiro atoms. The first kappa shape index (κ1) is 36.4. The molecule has 13 nitrogen and oxygen atoms in total. The minimum absolute atomic E-state index is 0.154. The molecule has 2 aromatic heterocycles. The second-order valence-corrected chi connectivity index (χ2v) is 14.2. The van der Waals surface area contributed by atoms with E-state index in [2.05, 4.69) is 30.5 Å². The Hall–Kier alpha value is -4.88. The van der Waals surface area contributed by atoms with Crippen molar-refractivity contribution in [3.63, 3.8) is 0 Å². The molecule has 0 bridgehead atoms. The molecular weight excluding hydrogens is 658 g/mol. The monoisotopic (exact) mass is 701 g/mol. The fourth-order valence-corrected chi connectivity index (χ4v) is 6.05. The zero-order valence-corrected chi connectivity index (χ0v) is 29.8. The molecule has 1 fully saturated rings. The van der Waals surface area contributed by atoms with E-state index in [9.17, 15) is 14.4 Å². The molecule has 0 saturated heterocycles. The molecule has 5 rings (SSSR count).